The van der Waals surface area contributed by atoms with E-state index in [9.17, 15) is 18.0 Å². The first-order valence-electron chi connectivity index (χ1n) is 6.22. The number of benzene rings is 1. The van der Waals surface area contributed by atoms with Crippen molar-refractivity contribution in [1.82, 2.24) is 5.32 Å². The molecule has 2 aromatic rings. The van der Waals surface area contributed by atoms with E-state index in [0.29, 0.717) is 17.6 Å². The molecule has 0 spiro atoms. The molecule has 4 nitrogen and oxygen atoms in total. The molecule has 8 heteroatoms. The first-order chi connectivity index (χ1) is 10.3. The van der Waals surface area contributed by atoms with Gasteiger partial charge in [-0.3, -0.25) is 4.79 Å². The fourth-order valence-corrected chi connectivity index (χ4v) is 2.01. The van der Waals surface area contributed by atoms with Crippen LogP contribution in [0, 0.1) is 0 Å². The molecule has 1 N–H and O–H groups in total. The molecule has 0 atom stereocenters. The summed E-state index contributed by atoms with van der Waals surface area (Å²) in [5, 5.41) is 2.65. The maximum absolute atomic E-state index is 12.0. The van der Waals surface area contributed by atoms with Crippen molar-refractivity contribution >= 4 is 21.8 Å². The SMILES string of the molecule is O=C(NCCc1ccc(OC(F)(F)F)cc1)c1ccc(Br)o1. The van der Waals surface area contributed by atoms with Crippen LogP contribution in [0.2, 0.25) is 0 Å². The van der Waals surface area contributed by atoms with E-state index in [4.69, 9.17) is 4.42 Å². The van der Waals surface area contributed by atoms with Crippen molar-refractivity contribution in [3.63, 3.8) is 0 Å². The minimum Gasteiger partial charge on any atom is -0.444 e. The number of ether oxygens (including phenoxy) is 1. The minimum atomic E-state index is -4.70. The van der Waals surface area contributed by atoms with Crippen molar-refractivity contribution in [3.05, 3.63) is 52.4 Å². The second kappa shape index (κ2) is 6.87. The number of rotatable bonds is 5. The fraction of sp³-hybridized carbons (Fsp3) is 0.214. The largest absolute Gasteiger partial charge is 0.573 e. The van der Waals surface area contributed by atoms with Crippen LogP contribution in [-0.2, 0) is 6.42 Å². The molecular weight excluding hydrogens is 367 g/mol. The Morgan fingerprint density at radius 1 is 1.18 bits per heavy atom. The maximum Gasteiger partial charge on any atom is 0.573 e. The van der Waals surface area contributed by atoms with Crippen molar-refractivity contribution in [2.45, 2.75) is 12.8 Å². The number of carbonyl (C=O) groups is 1. The summed E-state index contributed by atoms with van der Waals surface area (Å²) in [7, 11) is 0. The van der Waals surface area contributed by atoms with E-state index in [-0.39, 0.29) is 17.4 Å². The third-order valence-corrected chi connectivity index (χ3v) is 3.08. The van der Waals surface area contributed by atoms with Crippen LogP contribution >= 0.6 is 15.9 Å². The Morgan fingerprint density at radius 2 is 1.86 bits per heavy atom. The van der Waals surface area contributed by atoms with Gasteiger partial charge in [-0.2, -0.15) is 0 Å². The summed E-state index contributed by atoms with van der Waals surface area (Å²) in [6.45, 7) is 0.330. The normalized spacial score (nSPS) is 11.3. The van der Waals surface area contributed by atoms with E-state index >= 15 is 0 Å². The molecule has 0 unspecified atom stereocenters. The predicted molar refractivity (Wildman–Crippen MR) is 75.6 cm³/mol. The molecule has 0 radical (unpaired) electrons. The number of amides is 1. The molecule has 0 fully saturated rings. The first-order valence-corrected chi connectivity index (χ1v) is 7.01. The quantitative estimate of drug-likeness (QED) is 0.859. The Bertz CT molecular complexity index is 638. The Labute approximate surface area is 132 Å². The third kappa shape index (κ3) is 5.10. The molecule has 0 saturated heterocycles. The second-order valence-corrected chi connectivity index (χ2v) is 5.08. The van der Waals surface area contributed by atoms with Gasteiger partial charge in [-0.05, 0) is 52.2 Å². The smallest absolute Gasteiger partial charge is 0.444 e. The zero-order valence-corrected chi connectivity index (χ0v) is 12.7. The molecule has 1 heterocycles. The number of alkyl halides is 3. The lowest BCUT2D eigenvalue weighted by molar-refractivity contribution is -0.274. The summed E-state index contributed by atoms with van der Waals surface area (Å²) < 4.78 is 45.4. The van der Waals surface area contributed by atoms with Gasteiger partial charge in [-0.15, -0.1) is 13.2 Å². The Morgan fingerprint density at radius 3 is 2.41 bits per heavy atom. The summed E-state index contributed by atoms with van der Waals surface area (Å²) in [4.78, 5) is 11.7. The van der Waals surface area contributed by atoms with Crippen LogP contribution in [0.5, 0.6) is 5.75 Å². The summed E-state index contributed by atoms with van der Waals surface area (Å²) in [5.41, 5.74) is 0.774. The Balaban J connectivity index is 1.81. The van der Waals surface area contributed by atoms with Gasteiger partial charge in [0, 0.05) is 6.54 Å². The number of hydrogen-bond donors (Lipinski definition) is 1. The second-order valence-electron chi connectivity index (χ2n) is 4.30. The lowest BCUT2D eigenvalue weighted by Crippen LogP contribution is -2.25. The topological polar surface area (TPSA) is 51.5 Å². The molecule has 1 aromatic carbocycles. The van der Waals surface area contributed by atoms with Crippen LogP contribution in [0.25, 0.3) is 0 Å². The van der Waals surface area contributed by atoms with E-state index in [1.807, 2.05) is 0 Å². The van der Waals surface area contributed by atoms with Crippen LogP contribution in [0.1, 0.15) is 16.1 Å². The number of nitrogens with one attached hydrogen (secondary N) is 1. The van der Waals surface area contributed by atoms with E-state index < -0.39 is 6.36 Å². The predicted octanol–water partition coefficient (Wildman–Crippen LogP) is 3.91. The van der Waals surface area contributed by atoms with Crippen LogP contribution < -0.4 is 10.1 Å². The van der Waals surface area contributed by atoms with Gasteiger partial charge in [0.2, 0.25) is 0 Å². The highest BCUT2D eigenvalue weighted by molar-refractivity contribution is 9.10. The molecule has 0 aliphatic rings. The van der Waals surface area contributed by atoms with Crippen molar-refractivity contribution in [2.24, 2.45) is 0 Å². The van der Waals surface area contributed by atoms with Crippen LogP contribution in [-0.4, -0.2) is 18.8 Å². The van der Waals surface area contributed by atoms with Gasteiger partial charge in [0.05, 0.1) is 0 Å². The van der Waals surface area contributed by atoms with Crippen LogP contribution in [0.3, 0.4) is 0 Å². The number of halogens is 4. The lowest BCUT2D eigenvalue weighted by Gasteiger charge is -2.09. The van der Waals surface area contributed by atoms with Crippen molar-refractivity contribution < 1.29 is 27.1 Å². The fourth-order valence-electron chi connectivity index (χ4n) is 1.70. The van der Waals surface area contributed by atoms with E-state index in [1.165, 1.54) is 30.3 Å². The number of furan rings is 1. The molecule has 0 bridgehead atoms. The van der Waals surface area contributed by atoms with Gasteiger partial charge in [0.25, 0.3) is 5.91 Å². The average molecular weight is 378 g/mol. The van der Waals surface area contributed by atoms with Gasteiger partial charge < -0.3 is 14.5 Å². The average Bonchev–Trinajstić information content (AvgIpc) is 2.86. The monoisotopic (exact) mass is 377 g/mol. The Hall–Kier alpha value is -1.96. The molecule has 2 rings (SSSR count). The lowest BCUT2D eigenvalue weighted by atomic mass is 10.1. The molecule has 0 aliphatic carbocycles. The van der Waals surface area contributed by atoms with Crippen LogP contribution in [0.4, 0.5) is 13.2 Å². The van der Waals surface area contributed by atoms with Crippen molar-refractivity contribution in [2.75, 3.05) is 6.54 Å². The molecule has 1 aromatic heterocycles. The molecule has 22 heavy (non-hydrogen) atoms. The van der Waals surface area contributed by atoms with Gasteiger partial charge in [-0.25, -0.2) is 0 Å². The van der Waals surface area contributed by atoms with Crippen molar-refractivity contribution in [1.29, 1.82) is 0 Å². The summed E-state index contributed by atoms with van der Waals surface area (Å²) in [5.74, 6) is -0.454. The summed E-state index contributed by atoms with van der Waals surface area (Å²) in [6.07, 6.45) is -4.23. The minimum absolute atomic E-state index is 0.181. The summed E-state index contributed by atoms with van der Waals surface area (Å²) >= 11 is 3.09. The molecule has 0 aliphatic heterocycles. The number of carbonyl (C=O) groups excluding carboxylic acids is 1. The van der Waals surface area contributed by atoms with E-state index in [1.54, 1.807) is 6.07 Å². The van der Waals surface area contributed by atoms with E-state index in [0.717, 1.165) is 5.56 Å². The third-order valence-electron chi connectivity index (χ3n) is 2.65. The first kappa shape index (κ1) is 16.4. The zero-order valence-electron chi connectivity index (χ0n) is 11.1. The summed E-state index contributed by atoms with van der Waals surface area (Å²) in [6, 6.07) is 8.62. The molecular formula is C14H11BrF3NO3. The highest BCUT2D eigenvalue weighted by atomic mass is 79.9. The van der Waals surface area contributed by atoms with Crippen molar-refractivity contribution in [3.8, 4) is 5.75 Å². The van der Waals surface area contributed by atoms with E-state index in [2.05, 4.69) is 26.0 Å². The highest BCUT2D eigenvalue weighted by Crippen LogP contribution is 2.22. The standard InChI is InChI=1S/C14H11BrF3NO3/c15-12-6-5-11(21-12)13(20)19-8-7-9-1-3-10(4-2-9)22-14(16,17)18/h1-6H,7-8H2,(H,19,20). The number of hydrogen-bond acceptors (Lipinski definition) is 3. The zero-order chi connectivity index (χ0) is 16.2. The van der Waals surface area contributed by atoms with Crippen LogP contribution in [0.15, 0.2) is 45.5 Å². The van der Waals surface area contributed by atoms with Gasteiger partial charge >= 0.3 is 6.36 Å². The highest BCUT2D eigenvalue weighted by Gasteiger charge is 2.30. The van der Waals surface area contributed by atoms with Gasteiger partial charge in [-0.1, -0.05) is 12.1 Å². The van der Waals surface area contributed by atoms with Gasteiger partial charge in [0.15, 0.2) is 10.4 Å². The molecule has 0 saturated carbocycles. The maximum atomic E-state index is 12.0. The Kier molecular flexibility index (Phi) is 5.12. The van der Waals surface area contributed by atoms with Gasteiger partial charge in [0.1, 0.15) is 5.75 Å². The molecule has 1 amide bonds. The molecule has 118 valence electrons.